The molecule has 3 aromatic rings. The fourth-order valence-electron chi connectivity index (χ4n) is 2.08. The molecule has 0 radical (unpaired) electrons. The largest absolute Gasteiger partial charge is 0.281 e. The van der Waals surface area contributed by atoms with Crippen LogP contribution >= 0.6 is 11.3 Å². The van der Waals surface area contributed by atoms with E-state index in [-0.39, 0.29) is 5.56 Å². The number of aromatic nitrogens is 4. The average molecular weight is 270 g/mol. The van der Waals surface area contributed by atoms with Crippen molar-refractivity contribution in [3.8, 4) is 5.82 Å². The van der Waals surface area contributed by atoms with Crippen molar-refractivity contribution in [2.75, 3.05) is 0 Å². The molecule has 3 heterocycles. The van der Waals surface area contributed by atoms with Gasteiger partial charge in [0.15, 0.2) is 5.82 Å². The van der Waals surface area contributed by atoms with Gasteiger partial charge in [-0.1, -0.05) is 0 Å². The van der Waals surface area contributed by atoms with Crippen LogP contribution in [0, 0.1) is 0 Å². The van der Waals surface area contributed by atoms with E-state index >= 15 is 0 Å². The van der Waals surface area contributed by atoms with Gasteiger partial charge in [0.1, 0.15) is 0 Å². The van der Waals surface area contributed by atoms with Gasteiger partial charge in [-0.2, -0.15) is 14.9 Å². The summed E-state index contributed by atoms with van der Waals surface area (Å²) in [5.41, 5.74) is 0.862. The Balaban J connectivity index is 1.84. The van der Waals surface area contributed by atoms with Gasteiger partial charge in [-0.15, -0.1) is 16.4 Å². The number of hydrogen-bond donors (Lipinski definition) is 0. The van der Waals surface area contributed by atoms with E-state index in [0.29, 0.717) is 17.1 Å². The SMILES string of the molecule is O=c1c2ccsc2cnn1-c1ccc(C2CC2)nn1. The first-order chi connectivity index (χ1) is 9.33. The first-order valence-electron chi connectivity index (χ1n) is 6.12. The zero-order valence-corrected chi connectivity index (χ0v) is 10.8. The lowest BCUT2D eigenvalue weighted by atomic mass is 10.3. The Morgan fingerprint density at radius 1 is 1.21 bits per heavy atom. The first kappa shape index (κ1) is 10.8. The number of fused-ring (bicyclic) bond motifs is 1. The molecule has 0 atom stereocenters. The van der Waals surface area contributed by atoms with Gasteiger partial charge in [0.2, 0.25) is 0 Å². The molecule has 0 spiro atoms. The summed E-state index contributed by atoms with van der Waals surface area (Å²) in [6.45, 7) is 0. The van der Waals surface area contributed by atoms with Crippen LogP contribution in [-0.2, 0) is 0 Å². The van der Waals surface area contributed by atoms with Crippen LogP contribution in [0.3, 0.4) is 0 Å². The molecule has 0 saturated heterocycles. The van der Waals surface area contributed by atoms with E-state index < -0.39 is 0 Å². The van der Waals surface area contributed by atoms with E-state index in [2.05, 4.69) is 15.3 Å². The predicted molar refractivity (Wildman–Crippen MR) is 72.8 cm³/mol. The summed E-state index contributed by atoms with van der Waals surface area (Å²) in [7, 11) is 0. The van der Waals surface area contributed by atoms with Crippen LogP contribution in [-0.4, -0.2) is 20.0 Å². The normalized spacial score (nSPS) is 14.9. The Kier molecular flexibility index (Phi) is 2.25. The third-order valence-corrected chi connectivity index (χ3v) is 4.14. The minimum absolute atomic E-state index is 0.146. The van der Waals surface area contributed by atoms with Crippen molar-refractivity contribution in [2.24, 2.45) is 0 Å². The fraction of sp³-hybridized carbons (Fsp3) is 0.231. The summed E-state index contributed by atoms with van der Waals surface area (Å²) in [6.07, 6.45) is 4.07. The summed E-state index contributed by atoms with van der Waals surface area (Å²) < 4.78 is 2.20. The second kappa shape index (κ2) is 3.96. The molecule has 3 aromatic heterocycles. The maximum absolute atomic E-state index is 12.3. The van der Waals surface area contributed by atoms with Crippen molar-refractivity contribution < 1.29 is 0 Å². The molecule has 0 N–H and O–H groups in total. The van der Waals surface area contributed by atoms with Crippen molar-refractivity contribution in [3.05, 3.63) is 45.8 Å². The summed E-state index contributed by atoms with van der Waals surface area (Å²) >= 11 is 1.51. The molecule has 1 aliphatic rings. The van der Waals surface area contributed by atoms with Crippen LogP contribution < -0.4 is 5.56 Å². The lowest BCUT2D eigenvalue weighted by Gasteiger charge is -2.03. The van der Waals surface area contributed by atoms with Gasteiger partial charge >= 0.3 is 0 Å². The van der Waals surface area contributed by atoms with Gasteiger partial charge in [-0.25, -0.2) is 0 Å². The summed E-state index contributed by atoms with van der Waals surface area (Å²) in [4.78, 5) is 12.3. The van der Waals surface area contributed by atoms with E-state index in [1.54, 1.807) is 6.20 Å². The maximum Gasteiger partial charge on any atom is 0.281 e. The van der Waals surface area contributed by atoms with E-state index in [1.807, 2.05) is 23.6 Å². The molecule has 0 unspecified atom stereocenters. The van der Waals surface area contributed by atoms with Crippen LogP contribution in [0.1, 0.15) is 24.5 Å². The zero-order chi connectivity index (χ0) is 12.8. The molecule has 0 bridgehead atoms. The second-order valence-corrected chi connectivity index (χ2v) is 5.60. The van der Waals surface area contributed by atoms with E-state index in [9.17, 15) is 4.79 Å². The Morgan fingerprint density at radius 2 is 2.11 bits per heavy atom. The van der Waals surface area contributed by atoms with E-state index in [1.165, 1.54) is 28.9 Å². The smallest absolute Gasteiger partial charge is 0.267 e. The number of thiophene rings is 1. The summed E-state index contributed by atoms with van der Waals surface area (Å²) in [6, 6.07) is 5.56. The summed E-state index contributed by atoms with van der Waals surface area (Å²) in [5.74, 6) is 1.04. The Morgan fingerprint density at radius 3 is 2.84 bits per heavy atom. The van der Waals surface area contributed by atoms with Crippen LogP contribution in [0.25, 0.3) is 15.9 Å². The molecule has 94 valence electrons. The highest BCUT2D eigenvalue weighted by molar-refractivity contribution is 7.17. The molecular weight excluding hydrogens is 260 g/mol. The molecule has 19 heavy (non-hydrogen) atoms. The van der Waals surface area contributed by atoms with Crippen LogP contribution in [0.5, 0.6) is 0 Å². The number of rotatable bonds is 2. The van der Waals surface area contributed by atoms with Crippen LogP contribution in [0.15, 0.2) is 34.6 Å². The van der Waals surface area contributed by atoms with Gasteiger partial charge in [0.05, 0.1) is 22.0 Å². The van der Waals surface area contributed by atoms with Crippen molar-refractivity contribution in [1.82, 2.24) is 20.0 Å². The number of nitrogens with zero attached hydrogens (tertiary/aromatic N) is 4. The van der Waals surface area contributed by atoms with Crippen molar-refractivity contribution in [3.63, 3.8) is 0 Å². The van der Waals surface area contributed by atoms with Crippen LogP contribution in [0.2, 0.25) is 0 Å². The average Bonchev–Trinajstić information content (AvgIpc) is 3.17. The molecule has 0 aromatic carbocycles. The highest BCUT2D eigenvalue weighted by Gasteiger charge is 2.25. The van der Waals surface area contributed by atoms with Gasteiger partial charge in [-0.3, -0.25) is 4.79 Å². The zero-order valence-electron chi connectivity index (χ0n) is 9.98. The third-order valence-electron chi connectivity index (χ3n) is 3.29. The quantitative estimate of drug-likeness (QED) is 0.715. The maximum atomic E-state index is 12.3. The molecule has 6 heteroatoms. The molecule has 1 aliphatic carbocycles. The van der Waals surface area contributed by atoms with Crippen LogP contribution in [0.4, 0.5) is 0 Å². The molecular formula is C13H10N4OS. The topological polar surface area (TPSA) is 60.7 Å². The van der Waals surface area contributed by atoms with E-state index in [0.717, 1.165) is 10.4 Å². The predicted octanol–water partition coefficient (Wildman–Crippen LogP) is 2.11. The molecule has 0 aliphatic heterocycles. The number of hydrogen-bond acceptors (Lipinski definition) is 5. The van der Waals surface area contributed by atoms with Gasteiger partial charge in [-0.05, 0) is 36.4 Å². The Labute approximate surface area is 112 Å². The van der Waals surface area contributed by atoms with Crippen molar-refractivity contribution in [2.45, 2.75) is 18.8 Å². The van der Waals surface area contributed by atoms with Gasteiger partial charge in [0.25, 0.3) is 5.56 Å². The molecule has 1 fully saturated rings. The third kappa shape index (κ3) is 1.76. The fourth-order valence-corrected chi connectivity index (χ4v) is 2.82. The second-order valence-electron chi connectivity index (χ2n) is 4.65. The molecule has 4 rings (SSSR count). The monoisotopic (exact) mass is 270 g/mol. The Bertz CT molecular complexity index is 801. The van der Waals surface area contributed by atoms with Crippen molar-refractivity contribution in [1.29, 1.82) is 0 Å². The first-order valence-corrected chi connectivity index (χ1v) is 7.00. The van der Waals surface area contributed by atoms with Gasteiger partial charge < -0.3 is 0 Å². The summed E-state index contributed by atoms with van der Waals surface area (Å²) in [5, 5.41) is 15.0. The highest BCUT2D eigenvalue weighted by Crippen LogP contribution is 2.38. The Hall–Kier alpha value is -2.08. The van der Waals surface area contributed by atoms with Crippen molar-refractivity contribution >= 4 is 21.4 Å². The van der Waals surface area contributed by atoms with Gasteiger partial charge in [0, 0.05) is 5.92 Å². The minimum atomic E-state index is -0.146. The molecule has 1 saturated carbocycles. The minimum Gasteiger partial charge on any atom is -0.267 e. The van der Waals surface area contributed by atoms with E-state index in [4.69, 9.17) is 0 Å². The standard InChI is InChI=1S/C13H10N4OS/c18-13-9-5-6-19-11(9)7-14-17(13)12-4-3-10(15-16-12)8-1-2-8/h3-8H,1-2H2. The lowest BCUT2D eigenvalue weighted by molar-refractivity contribution is 0.759. The lowest BCUT2D eigenvalue weighted by Crippen LogP contribution is -2.21. The highest BCUT2D eigenvalue weighted by atomic mass is 32.1. The molecule has 0 amide bonds. The molecule has 5 nitrogen and oxygen atoms in total.